The maximum absolute atomic E-state index is 6.05. The number of rotatable bonds is 2. The van der Waals surface area contributed by atoms with Crippen LogP contribution < -0.4 is 10.2 Å². The molecule has 4 heteroatoms. The third-order valence-corrected chi connectivity index (χ3v) is 3.22. The van der Waals surface area contributed by atoms with E-state index in [9.17, 15) is 0 Å². The van der Waals surface area contributed by atoms with Crippen molar-refractivity contribution in [3.63, 3.8) is 0 Å². The zero-order valence-corrected chi connectivity index (χ0v) is 10.0. The van der Waals surface area contributed by atoms with Crippen molar-refractivity contribution in [3.05, 3.63) is 30.1 Å². The Morgan fingerprint density at radius 3 is 2.88 bits per heavy atom. The van der Waals surface area contributed by atoms with Gasteiger partial charge in [-0.05, 0) is 45.0 Å². The molecule has 1 aromatic heterocycles. The molecule has 1 aliphatic rings. The van der Waals surface area contributed by atoms with Crippen LogP contribution in [0.3, 0.4) is 0 Å². The summed E-state index contributed by atoms with van der Waals surface area (Å²) in [7, 11) is 0. The molecule has 1 N–H and O–H groups in total. The molecule has 90 valence electrons. The van der Waals surface area contributed by atoms with E-state index in [-0.39, 0.29) is 0 Å². The molecule has 3 rings (SSSR count). The van der Waals surface area contributed by atoms with Crippen molar-refractivity contribution in [1.29, 1.82) is 0 Å². The van der Waals surface area contributed by atoms with Gasteiger partial charge in [0, 0.05) is 0 Å². The molecule has 2 aromatic rings. The molecule has 1 aliphatic heterocycles. The maximum atomic E-state index is 6.05. The molecular formula is C13H17N3O. The maximum Gasteiger partial charge on any atom is 0.143 e. The van der Waals surface area contributed by atoms with Gasteiger partial charge in [0.05, 0.1) is 5.52 Å². The average Bonchev–Trinajstić information content (AvgIpc) is 2.68. The van der Waals surface area contributed by atoms with E-state index in [1.807, 2.05) is 29.9 Å². The van der Waals surface area contributed by atoms with Gasteiger partial charge in [0.15, 0.2) is 0 Å². The summed E-state index contributed by atoms with van der Waals surface area (Å²) in [5.41, 5.74) is 2.06. The number of aromatic nitrogens is 2. The number of piperidine rings is 1. The highest BCUT2D eigenvalue weighted by atomic mass is 16.7. The third kappa shape index (κ3) is 2.00. The zero-order valence-electron chi connectivity index (χ0n) is 10.0. The smallest absolute Gasteiger partial charge is 0.143 e. The Morgan fingerprint density at radius 2 is 2.06 bits per heavy atom. The summed E-state index contributed by atoms with van der Waals surface area (Å²) in [5, 5.41) is 3.34. The number of hydrogen-bond donors (Lipinski definition) is 1. The van der Waals surface area contributed by atoms with Crippen LogP contribution >= 0.6 is 0 Å². The molecule has 0 atom stereocenters. The Morgan fingerprint density at radius 1 is 1.29 bits per heavy atom. The van der Waals surface area contributed by atoms with Crippen LogP contribution in [-0.4, -0.2) is 28.9 Å². The van der Waals surface area contributed by atoms with Crippen molar-refractivity contribution >= 4 is 11.0 Å². The van der Waals surface area contributed by atoms with E-state index in [2.05, 4.69) is 16.4 Å². The average molecular weight is 231 g/mol. The normalized spacial score (nSPS) is 17.5. The fourth-order valence-electron chi connectivity index (χ4n) is 2.31. The molecule has 0 bridgehead atoms. The minimum atomic E-state index is 0.299. The predicted octanol–water partition coefficient (Wildman–Crippen LogP) is 1.53. The molecule has 0 spiro atoms. The van der Waals surface area contributed by atoms with Gasteiger partial charge in [0.1, 0.15) is 17.4 Å². The number of imidazole rings is 1. The summed E-state index contributed by atoms with van der Waals surface area (Å²) >= 11 is 0. The van der Waals surface area contributed by atoms with Gasteiger partial charge in [0.2, 0.25) is 0 Å². The van der Waals surface area contributed by atoms with E-state index in [1.54, 1.807) is 0 Å². The van der Waals surface area contributed by atoms with Crippen LogP contribution in [-0.2, 0) is 0 Å². The van der Waals surface area contributed by atoms with Crippen molar-refractivity contribution in [1.82, 2.24) is 15.0 Å². The highest BCUT2D eigenvalue weighted by Crippen LogP contribution is 2.15. The topological polar surface area (TPSA) is 39.1 Å². The molecule has 2 heterocycles. The lowest BCUT2D eigenvalue weighted by Gasteiger charge is -2.24. The number of nitrogens with one attached hydrogen (secondary N) is 1. The van der Waals surface area contributed by atoms with E-state index >= 15 is 0 Å². The van der Waals surface area contributed by atoms with Crippen molar-refractivity contribution in [2.45, 2.75) is 25.9 Å². The first kappa shape index (κ1) is 10.6. The lowest BCUT2D eigenvalue weighted by Crippen LogP contribution is -2.37. The summed E-state index contributed by atoms with van der Waals surface area (Å²) in [5.74, 6) is 0.921. The number of benzene rings is 1. The fourth-order valence-corrected chi connectivity index (χ4v) is 2.31. The van der Waals surface area contributed by atoms with Crippen LogP contribution in [0.5, 0.6) is 0 Å². The predicted molar refractivity (Wildman–Crippen MR) is 66.9 cm³/mol. The third-order valence-electron chi connectivity index (χ3n) is 3.22. The second-order valence-corrected chi connectivity index (χ2v) is 4.50. The molecule has 0 unspecified atom stereocenters. The van der Waals surface area contributed by atoms with E-state index in [4.69, 9.17) is 4.84 Å². The largest absolute Gasteiger partial charge is 0.409 e. The molecule has 0 amide bonds. The standard InChI is InChI=1S/C13H17N3O/c1-10-15-12-4-2-3-5-13(12)16(10)17-11-6-8-14-9-7-11/h2-5,11,14H,6-9H2,1H3. The monoisotopic (exact) mass is 231 g/mol. The summed E-state index contributed by atoms with van der Waals surface area (Å²) in [4.78, 5) is 10.6. The van der Waals surface area contributed by atoms with Gasteiger partial charge in [-0.2, -0.15) is 4.73 Å². The van der Waals surface area contributed by atoms with Gasteiger partial charge >= 0.3 is 0 Å². The summed E-state index contributed by atoms with van der Waals surface area (Å²) in [6.45, 7) is 4.06. The molecule has 0 aliphatic carbocycles. The Bertz CT molecular complexity index is 514. The minimum Gasteiger partial charge on any atom is -0.409 e. The van der Waals surface area contributed by atoms with E-state index in [1.165, 1.54) is 0 Å². The van der Waals surface area contributed by atoms with E-state index in [0.29, 0.717) is 6.10 Å². The molecule has 1 aromatic carbocycles. The molecule has 17 heavy (non-hydrogen) atoms. The highest BCUT2D eigenvalue weighted by Gasteiger charge is 2.17. The van der Waals surface area contributed by atoms with Gasteiger partial charge in [-0.1, -0.05) is 12.1 Å². The Labute approximate surface area is 101 Å². The molecule has 0 radical (unpaired) electrons. The Hall–Kier alpha value is -1.55. The van der Waals surface area contributed by atoms with Crippen molar-refractivity contribution < 1.29 is 4.84 Å². The van der Waals surface area contributed by atoms with Crippen LogP contribution in [0.4, 0.5) is 0 Å². The first-order chi connectivity index (χ1) is 8.34. The van der Waals surface area contributed by atoms with Crippen LogP contribution in [0, 0.1) is 6.92 Å². The quantitative estimate of drug-likeness (QED) is 0.852. The summed E-state index contributed by atoms with van der Waals surface area (Å²) in [6.07, 6.45) is 2.42. The van der Waals surface area contributed by atoms with Crippen molar-refractivity contribution in [2.24, 2.45) is 0 Å². The number of hydrogen-bond acceptors (Lipinski definition) is 3. The Balaban J connectivity index is 1.90. The van der Waals surface area contributed by atoms with Crippen molar-refractivity contribution in [3.8, 4) is 0 Å². The zero-order chi connectivity index (χ0) is 11.7. The highest BCUT2D eigenvalue weighted by molar-refractivity contribution is 5.75. The Kier molecular flexibility index (Phi) is 2.73. The lowest BCUT2D eigenvalue weighted by molar-refractivity contribution is 0.0221. The lowest BCUT2D eigenvalue weighted by atomic mass is 10.1. The van der Waals surface area contributed by atoms with Gasteiger partial charge in [-0.15, -0.1) is 0 Å². The van der Waals surface area contributed by atoms with Crippen LogP contribution in [0.15, 0.2) is 24.3 Å². The number of fused-ring (bicyclic) bond motifs is 1. The van der Waals surface area contributed by atoms with Gasteiger partial charge in [-0.3, -0.25) is 0 Å². The molecule has 0 saturated carbocycles. The second kappa shape index (κ2) is 4.37. The number of aryl methyl sites for hydroxylation is 1. The molecule has 1 fully saturated rings. The summed E-state index contributed by atoms with van der Waals surface area (Å²) < 4.78 is 1.88. The van der Waals surface area contributed by atoms with E-state index < -0.39 is 0 Å². The van der Waals surface area contributed by atoms with Crippen molar-refractivity contribution in [2.75, 3.05) is 13.1 Å². The number of nitrogens with zero attached hydrogens (tertiary/aromatic N) is 2. The van der Waals surface area contributed by atoms with Gasteiger partial charge < -0.3 is 10.2 Å². The first-order valence-electron chi connectivity index (χ1n) is 6.16. The minimum absolute atomic E-state index is 0.299. The second-order valence-electron chi connectivity index (χ2n) is 4.50. The molecule has 4 nitrogen and oxygen atoms in total. The fraction of sp³-hybridized carbons (Fsp3) is 0.462. The van der Waals surface area contributed by atoms with Crippen LogP contribution in [0.25, 0.3) is 11.0 Å². The van der Waals surface area contributed by atoms with Gasteiger partial charge in [0.25, 0.3) is 0 Å². The van der Waals surface area contributed by atoms with Crippen LogP contribution in [0.1, 0.15) is 18.7 Å². The number of para-hydroxylation sites is 2. The van der Waals surface area contributed by atoms with Gasteiger partial charge in [-0.25, -0.2) is 4.98 Å². The van der Waals surface area contributed by atoms with Crippen LogP contribution in [0.2, 0.25) is 0 Å². The molecular weight excluding hydrogens is 214 g/mol. The van der Waals surface area contributed by atoms with E-state index in [0.717, 1.165) is 42.8 Å². The first-order valence-corrected chi connectivity index (χ1v) is 6.16. The summed E-state index contributed by atoms with van der Waals surface area (Å²) in [6, 6.07) is 8.09. The molecule has 1 saturated heterocycles. The SMILES string of the molecule is Cc1nc2ccccc2n1OC1CCNCC1.